The molecule has 3 rings (SSSR count). The maximum Gasteiger partial charge on any atom is 0.417 e. The van der Waals surface area contributed by atoms with Crippen molar-refractivity contribution in [3.8, 4) is 0 Å². The fourth-order valence-corrected chi connectivity index (χ4v) is 3.38. The largest absolute Gasteiger partial charge is 0.417 e. The summed E-state index contributed by atoms with van der Waals surface area (Å²) in [6.45, 7) is 0.606. The number of nitrogens with zero attached hydrogens (tertiary/aromatic N) is 3. The summed E-state index contributed by atoms with van der Waals surface area (Å²) in [5, 5.41) is 10.5. The predicted molar refractivity (Wildman–Crippen MR) is 88.2 cm³/mol. The van der Waals surface area contributed by atoms with Gasteiger partial charge in [0.1, 0.15) is 11.9 Å². The lowest BCUT2D eigenvalue weighted by Crippen LogP contribution is -2.40. The molecule has 140 valence electrons. The van der Waals surface area contributed by atoms with E-state index in [4.69, 9.17) is 0 Å². The minimum atomic E-state index is -4.57. The first-order valence-electron chi connectivity index (χ1n) is 8.40. The van der Waals surface area contributed by atoms with Crippen molar-refractivity contribution in [1.82, 2.24) is 14.5 Å². The van der Waals surface area contributed by atoms with Gasteiger partial charge in [-0.25, -0.2) is 4.98 Å². The molecule has 0 bridgehead atoms. The summed E-state index contributed by atoms with van der Waals surface area (Å²) in [5.41, 5.74) is -1.25. The number of carbonyl (C=O) groups is 1. The number of aliphatic hydroxyl groups is 1. The Hall–Kier alpha value is -2.35. The minimum Gasteiger partial charge on any atom is -0.385 e. The molecule has 1 aliphatic heterocycles. The summed E-state index contributed by atoms with van der Waals surface area (Å²) in [5.74, 6) is -0.155. The molecule has 0 spiro atoms. The number of aliphatic hydroxyl groups excluding tert-OH is 1. The first kappa shape index (κ1) is 18.4. The molecular formula is C18H20F3N3O2. The summed E-state index contributed by atoms with van der Waals surface area (Å²) < 4.78 is 41.1. The topological polar surface area (TPSA) is 58.4 Å². The molecule has 1 aromatic carbocycles. The number of carbonyl (C=O) groups excluding carboxylic acids is 1. The van der Waals surface area contributed by atoms with E-state index in [2.05, 4.69) is 4.98 Å². The van der Waals surface area contributed by atoms with Gasteiger partial charge in [-0.15, -0.1) is 0 Å². The van der Waals surface area contributed by atoms with Crippen LogP contribution < -0.4 is 0 Å². The Kier molecular flexibility index (Phi) is 5.04. The van der Waals surface area contributed by atoms with Gasteiger partial charge in [0.25, 0.3) is 5.91 Å². The van der Waals surface area contributed by atoms with E-state index in [-0.39, 0.29) is 11.5 Å². The van der Waals surface area contributed by atoms with Crippen LogP contribution in [0.2, 0.25) is 0 Å². The second kappa shape index (κ2) is 7.11. The number of imidazole rings is 1. The molecule has 26 heavy (non-hydrogen) atoms. The number of aryl methyl sites for hydroxylation is 1. The first-order chi connectivity index (χ1) is 12.3. The zero-order chi connectivity index (χ0) is 18.9. The summed E-state index contributed by atoms with van der Waals surface area (Å²) in [6.07, 6.45) is -0.966. The lowest BCUT2D eigenvalue weighted by atomic mass is 9.90. The lowest BCUT2D eigenvalue weighted by molar-refractivity contribution is -0.138. The van der Waals surface area contributed by atoms with E-state index >= 15 is 0 Å². The molecule has 2 aromatic rings. The monoisotopic (exact) mass is 367 g/mol. The Morgan fingerprint density at radius 1 is 1.27 bits per heavy atom. The number of piperidine rings is 1. The summed E-state index contributed by atoms with van der Waals surface area (Å²) in [4.78, 5) is 18.1. The summed E-state index contributed by atoms with van der Waals surface area (Å²) >= 11 is 0. The highest BCUT2D eigenvalue weighted by atomic mass is 19.4. The van der Waals surface area contributed by atoms with Crippen LogP contribution in [0.3, 0.4) is 0 Å². The standard InChI is InChI=1S/C18H20F3N3O2/c1-23-11-8-22-16(23)15(25)12-6-9-24(10-7-12)17(26)13-4-2-3-5-14(13)18(19,20)21/h2-5,8,11-12,15,25H,6-7,9-10H2,1H3/t15-/m0/s1. The van der Waals surface area contributed by atoms with E-state index in [0.717, 1.165) is 6.07 Å². The predicted octanol–water partition coefficient (Wildman–Crippen LogP) is 3.02. The number of benzene rings is 1. The van der Waals surface area contributed by atoms with Gasteiger partial charge < -0.3 is 14.6 Å². The van der Waals surface area contributed by atoms with Gasteiger partial charge in [0, 0.05) is 32.5 Å². The van der Waals surface area contributed by atoms with Crippen molar-refractivity contribution in [1.29, 1.82) is 0 Å². The molecule has 8 heteroatoms. The summed E-state index contributed by atoms with van der Waals surface area (Å²) in [6, 6.07) is 4.83. The van der Waals surface area contributed by atoms with Crippen molar-refractivity contribution >= 4 is 5.91 Å². The van der Waals surface area contributed by atoms with E-state index in [1.54, 1.807) is 24.0 Å². The molecule has 1 fully saturated rings. The lowest BCUT2D eigenvalue weighted by Gasteiger charge is -2.34. The van der Waals surface area contributed by atoms with Crippen molar-refractivity contribution in [3.63, 3.8) is 0 Å². The van der Waals surface area contributed by atoms with Crippen LogP contribution in [-0.2, 0) is 13.2 Å². The second-order valence-corrected chi connectivity index (χ2v) is 6.51. The van der Waals surface area contributed by atoms with Crippen LogP contribution in [0.4, 0.5) is 13.2 Å². The zero-order valence-electron chi connectivity index (χ0n) is 14.3. The maximum absolute atomic E-state index is 13.1. The number of hydrogen-bond donors (Lipinski definition) is 1. The molecule has 1 saturated heterocycles. The van der Waals surface area contributed by atoms with Crippen LogP contribution in [0.5, 0.6) is 0 Å². The van der Waals surface area contributed by atoms with Crippen LogP contribution in [-0.4, -0.2) is 38.6 Å². The Balaban J connectivity index is 1.69. The third-order valence-electron chi connectivity index (χ3n) is 4.86. The molecular weight excluding hydrogens is 347 g/mol. The van der Waals surface area contributed by atoms with Crippen molar-refractivity contribution in [2.75, 3.05) is 13.1 Å². The average Bonchev–Trinajstić information content (AvgIpc) is 3.06. The number of aromatic nitrogens is 2. The smallest absolute Gasteiger partial charge is 0.385 e. The van der Waals surface area contributed by atoms with Crippen LogP contribution in [0.15, 0.2) is 36.7 Å². The van der Waals surface area contributed by atoms with Crippen molar-refractivity contribution in [2.24, 2.45) is 13.0 Å². The van der Waals surface area contributed by atoms with Gasteiger partial charge in [0.15, 0.2) is 0 Å². The number of hydrogen-bond acceptors (Lipinski definition) is 3. The number of likely N-dealkylation sites (tertiary alicyclic amines) is 1. The van der Waals surface area contributed by atoms with Gasteiger partial charge in [0.05, 0.1) is 11.1 Å². The highest BCUT2D eigenvalue weighted by Gasteiger charge is 2.37. The molecule has 0 unspecified atom stereocenters. The molecule has 1 atom stereocenters. The summed E-state index contributed by atoms with van der Waals surface area (Å²) in [7, 11) is 1.79. The quantitative estimate of drug-likeness (QED) is 0.907. The van der Waals surface area contributed by atoms with Gasteiger partial charge in [-0.2, -0.15) is 13.2 Å². The Labute approximate surface area is 149 Å². The van der Waals surface area contributed by atoms with Crippen molar-refractivity contribution < 1.29 is 23.1 Å². The van der Waals surface area contributed by atoms with Crippen molar-refractivity contribution in [2.45, 2.75) is 25.1 Å². The molecule has 5 nitrogen and oxygen atoms in total. The molecule has 0 saturated carbocycles. The van der Waals surface area contributed by atoms with Crippen molar-refractivity contribution in [3.05, 3.63) is 53.6 Å². The van der Waals surface area contributed by atoms with Crippen LogP contribution >= 0.6 is 0 Å². The fraction of sp³-hybridized carbons (Fsp3) is 0.444. The molecule has 1 aliphatic rings. The van der Waals surface area contributed by atoms with Crippen LogP contribution in [0.25, 0.3) is 0 Å². The molecule has 1 N–H and O–H groups in total. The highest BCUT2D eigenvalue weighted by Crippen LogP contribution is 2.34. The number of rotatable bonds is 3. The SMILES string of the molecule is Cn1ccnc1[C@@H](O)C1CCN(C(=O)c2ccccc2C(F)(F)F)CC1. The third-order valence-corrected chi connectivity index (χ3v) is 4.86. The van der Waals surface area contributed by atoms with E-state index < -0.39 is 23.8 Å². The first-order valence-corrected chi connectivity index (χ1v) is 8.40. The molecule has 0 radical (unpaired) electrons. The number of alkyl halides is 3. The van der Waals surface area contributed by atoms with E-state index in [0.29, 0.717) is 31.8 Å². The second-order valence-electron chi connectivity index (χ2n) is 6.51. The van der Waals surface area contributed by atoms with Gasteiger partial charge in [-0.1, -0.05) is 12.1 Å². The Bertz CT molecular complexity index is 780. The number of amides is 1. The zero-order valence-corrected chi connectivity index (χ0v) is 14.3. The molecule has 1 amide bonds. The van der Waals surface area contributed by atoms with Gasteiger partial charge in [0.2, 0.25) is 0 Å². The van der Waals surface area contributed by atoms with Gasteiger partial charge in [-0.05, 0) is 30.9 Å². The van der Waals surface area contributed by atoms with E-state index in [1.165, 1.54) is 23.1 Å². The Morgan fingerprint density at radius 3 is 2.50 bits per heavy atom. The maximum atomic E-state index is 13.1. The minimum absolute atomic E-state index is 0.0852. The fourth-order valence-electron chi connectivity index (χ4n) is 3.38. The normalized spacial score (nSPS) is 17.3. The highest BCUT2D eigenvalue weighted by molar-refractivity contribution is 5.96. The molecule has 0 aliphatic carbocycles. The number of halogens is 3. The van der Waals surface area contributed by atoms with E-state index in [9.17, 15) is 23.1 Å². The van der Waals surface area contributed by atoms with Crippen LogP contribution in [0, 0.1) is 5.92 Å². The average molecular weight is 367 g/mol. The Morgan fingerprint density at radius 2 is 1.92 bits per heavy atom. The van der Waals surface area contributed by atoms with Gasteiger partial charge >= 0.3 is 6.18 Å². The third kappa shape index (κ3) is 3.60. The van der Waals surface area contributed by atoms with Crippen LogP contribution in [0.1, 0.15) is 40.7 Å². The van der Waals surface area contributed by atoms with Gasteiger partial charge in [-0.3, -0.25) is 4.79 Å². The molecule has 1 aromatic heterocycles. The molecule has 2 heterocycles. The van der Waals surface area contributed by atoms with E-state index in [1.807, 2.05) is 0 Å².